The third kappa shape index (κ3) is 5.39. The number of carboxylic acids is 1. The molecule has 0 spiro atoms. The van der Waals surface area contributed by atoms with Crippen LogP contribution in [0.25, 0.3) is 0 Å². The molecule has 3 N–H and O–H groups in total. The number of halogens is 3. The zero-order valence-corrected chi connectivity index (χ0v) is 14.6. The second kappa shape index (κ2) is 6.80. The SMILES string of the molecule is CC(O)(CNS(=O)(=O)c1c(Cl)cc(Br)cc1Cl)CC(=O)O. The molecule has 6 nitrogen and oxygen atoms in total. The Morgan fingerprint density at radius 2 is 1.86 bits per heavy atom. The Bertz CT molecular complexity index is 640. The van der Waals surface area contributed by atoms with Gasteiger partial charge in [-0.05, 0) is 19.1 Å². The average Bonchev–Trinajstić information content (AvgIpc) is 2.23. The van der Waals surface area contributed by atoms with Crippen molar-refractivity contribution in [2.45, 2.75) is 23.8 Å². The smallest absolute Gasteiger partial charge is 0.306 e. The van der Waals surface area contributed by atoms with E-state index in [4.69, 9.17) is 28.3 Å². The third-order valence-corrected chi connectivity index (χ3v) is 5.19. The number of aliphatic carboxylic acids is 1. The summed E-state index contributed by atoms with van der Waals surface area (Å²) in [5, 5.41) is 18.2. The lowest BCUT2D eigenvalue weighted by atomic mass is 10.0. The first-order valence-electron chi connectivity index (χ1n) is 5.53. The standard InChI is InChI=1S/C11H12BrCl2NO5S/c1-11(18,4-9(16)17)5-15-21(19,20)10-7(13)2-6(12)3-8(10)14/h2-3,15,18H,4-5H2,1H3,(H,16,17). The summed E-state index contributed by atoms with van der Waals surface area (Å²) in [7, 11) is -4.10. The Morgan fingerprint density at radius 1 is 1.38 bits per heavy atom. The van der Waals surface area contributed by atoms with E-state index in [-0.39, 0.29) is 14.9 Å². The lowest BCUT2D eigenvalue weighted by molar-refractivity contribution is -0.141. The van der Waals surface area contributed by atoms with Crippen LogP contribution in [-0.4, -0.2) is 36.7 Å². The van der Waals surface area contributed by atoms with Crippen molar-refractivity contribution in [3.05, 3.63) is 26.7 Å². The molecule has 0 aromatic heterocycles. The highest BCUT2D eigenvalue weighted by Gasteiger charge is 2.29. The van der Waals surface area contributed by atoms with Gasteiger partial charge in [0.05, 0.1) is 22.1 Å². The number of carbonyl (C=O) groups is 1. The van der Waals surface area contributed by atoms with Crippen molar-refractivity contribution in [3.8, 4) is 0 Å². The second-order valence-electron chi connectivity index (χ2n) is 4.59. The fraction of sp³-hybridized carbons (Fsp3) is 0.364. The monoisotopic (exact) mass is 419 g/mol. The number of nitrogens with one attached hydrogen (secondary N) is 1. The summed E-state index contributed by atoms with van der Waals surface area (Å²) in [6.07, 6.45) is -0.614. The van der Waals surface area contributed by atoms with Crippen molar-refractivity contribution in [2.75, 3.05) is 6.54 Å². The number of aliphatic hydroxyl groups is 1. The van der Waals surface area contributed by atoms with Crippen LogP contribution in [0.5, 0.6) is 0 Å². The van der Waals surface area contributed by atoms with Gasteiger partial charge in [0, 0.05) is 11.0 Å². The van der Waals surface area contributed by atoms with Gasteiger partial charge in [0.25, 0.3) is 0 Å². The molecule has 0 fully saturated rings. The molecule has 0 amide bonds. The highest BCUT2D eigenvalue weighted by molar-refractivity contribution is 9.10. The Hall–Kier alpha value is -0.380. The molecule has 1 unspecified atom stereocenters. The van der Waals surface area contributed by atoms with E-state index in [2.05, 4.69) is 20.7 Å². The number of rotatable bonds is 6. The van der Waals surface area contributed by atoms with E-state index in [1.165, 1.54) is 19.1 Å². The van der Waals surface area contributed by atoms with Crippen LogP contribution in [-0.2, 0) is 14.8 Å². The zero-order chi connectivity index (χ0) is 16.4. The summed E-state index contributed by atoms with van der Waals surface area (Å²) in [6, 6.07) is 2.72. The highest BCUT2D eigenvalue weighted by atomic mass is 79.9. The van der Waals surface area contributed by atoms with Crippen molar-refractivity contribution in [1.82, 2.24) is 4.72 Å². The lowest BCUT2D eigenvalue weighted by Crippen LogP contribution is -2.42. The van der Waals surface area contributed by atoms with Gasteiger partial charge < -0.3 is 10.2 Å². The molecule has 0 saturated heterocycles. The molecular weight excluding hydrogens is 409 g/mol. The Labute approximate surface area is 140 Å². The average molecular weight is 421 g/mol. The lowest BCUT2D eigenvalue weighted by Gasteiger charge is -2.21. The molecule has 0 saturated carbocycles. The minimum atomic E-state index is -4.10. The molecule has 118 valence electrons. The first kappa shape index (κ1) is 18.7. The van der Waals surface area contributed by atoms with Gasteiger partial charge in [0.1, 0.15) is 4.90 Å². The predicted molar refractivity (Wildman–Crippen MR) is 82.2 cm³/mol. The van der Waals surface area contributed by atoms with E-state index < -0.39 is 34.6 Å². The number of hydrogen-bond donors (Lipinski definition) is 3. The first-order valence-corrected chi connectivity index (χ1v) is 8.56. The van der Waals surface area contributed by atoms with Crippen molar-refractivity contribution in [1.29, 1.82) is 0 Å². The minimum absolute atomic E-state index is 0.0975. The van der Waals surface area contributed by atoms with Crippen molar-refractivity contribution in [2.24, 2.45) is 0 Å². The van der Waals surface area contributed by atoms with E-state index in [1.807, 2.05) is 0 Å². The van der Waals surface area contributed by atoms with Crippen LogP contribution >= 0.6 is 39.1 Å². The van der Waals surface area contributed by atoms with E-state index in [0.717, 1.165) is 0 Å². The molecule has 1 aromatic carbocycles. The van der Waals surface area contributed by atoms with E-state index >= 15 is 0 Å². The van der Waals surface area contributed by atoms with E-state index in [0.29, 0.717) is 4.47 Å². The molecule has 21 heavy (non-hydrogen) atoms. The molecule has 1 atom stereocenters. The Morgan fingerprint density at radius 3 is 2.29 bits per heavy atom. The van der Waals surface area contributed by atoms with Crippen LogP contribution in [0.4, 0.5) is 0 Å². The summed E-state index contributed by atoms with van der Waals surface area (Å²) in [6.45, 7) is 0.707. The van der Waals surface area contributed by atoms with E-state index in [9.17, 15) is 18.3 Å². The third-order valence-electron chi connectivity index (χ3n) is 2.41. The normalized spacial score (nSPS) is 14.7. The van der Waals surface area contributed by atoms with Crippen LogP contribution in [0.15, 0.2) is 21.5 Å². The van der Waals surface area contributed by atoms with Crippen molar-refractivity contribution >= 4 is 55.1 Å². The highest BCUT2D eigenvalue weighted by Crippen LogP contribution is 2.32. The predicted octanol–water partition coefficient (Wildman–Crippen LogP) is 2.26. The fourth-order valence-corrected chi connectivity index (χ4v) is 4.59. The van der Waals surface area contributed by atoms with Gasteiger partial charge in [-0.25, -0.2) is 13.1 Å². The molecule has 0 bridgehead atoms. The first-order chi connectivity index (χ1) is 9.44. The van der Waals surface area contributed by atoms with Gasteiger partial charge >= 0.3 is 5.97 Å². The van der Waals surface area contributed by atoms with Crippen LogP contribution in [0.3, 0.4) is 0 Å². The molecule has 10 heteroatoms. The van der Waals surface area contributed by atoms with Crippen LogP contribution in [0.2, 0.25) is 10.0 Å². The maximum Gasteiger partial charge on any atom is 0.306 e. The molecule has 0 aliphatic rings. The van der Waals surface area contributed by atoms with E-state index in [1.54, 1.807) is 0 Å². The van der Waals surface area contributed by atoms with Crippen molar-refractivity contribution < 1.29 is 23.4 Å². The summed E-state index contributed by atoms with van der Waals surface area (Å²) in [5.74, 6) is -1.25. The molecule has 1 aromatic rings. The molecule has 0 aliphatic heterocycles. The number of sulfonamides is 1. The quantitative estimate of drug-likeness (QED) is 0.654. The van der Waals surface area contributed by atoms with Crippen LogP contribution in [0.1, 0.15) is 13.3 Å². The summed E-state index contributed by atoms with van der Waals surface area (Å²) in [5.41, 5.74) is -1.74. The fourth-order valence-electron chi connectivity index (χ4n) is 1.50. The largest absolute Gasteiger partial charge is 0.481 e. The molecule has 0 radical (unpaired) electrons. The summed E-state index contributed by atoms with van der Waals surface area (Å²) < 4.78 is 26.9. The maximum absolute atomic E-state index is 12.2. The number of benzene rings is 1. The van der Waals surface area contributed by atoms with Crippen LogP contribution < -0.4 is 4.72 Å². The molecule has 0 aliphatic carbocycles. The minimum Gasteiger partial charge on any atom is -0.481 e. The topological polar surface area (TPSA) is 104 Å². The summed E-state index contributed by atoms with van der Waals surface area (Å²) >= 11 is 14.8. The van der Waals surface area contributed by atoms with Gasteiger partial charge in [-0.1, -0.05) is 39.1 Å². The Kier molecular flexibility index (Phi) is 6.05. The van der Waals surface area contributed by atoms with Gasteiger partial charge in [0.2, 0.25) is 10.0 Å². The summed E-state index contributed by atoms with van der Waals surface area (Å²) in [4.78, 5) is 10.2. The van der Waals surface area contributed by atoms with Gasteiger partial charge in [-0.2, -0.15) is 0 Å². The zero-order valence-electron chi connectivity index (χ0n) is 10.7. The second-order valence-corrected chi connectivity index (χ2v) is 8.02. The molecule has 0 heterocycles. The molecule has 1 rings (SSSR count). The van der Waals surface area contributed by atoms with Crippen molar-refractivity contribution in [3.63, 3.8) is 0 Å². The molecular formula is C11H12BrCl2NO5S. The van der Waals surface area contributed by atoms with Gasteiger partial charge in [0.15, 0.2) is 0 Å². The van der Waals surface area contributed by atoms with Crippen LogP contribution in [0, 0.1) is 0 Å². The van der Waals surface area contributed by atoms with Gasteiger partial charge in [-0.3, -0.25) is 4.79 Å². The van der Waals surface area contributed by atoms with Gasteiger partial charge in [-0.15, -0.1) is 0 Å². The maximum atomic E-state index is 12.2. The number of carboxylic acid groups (broad SMARTS) is 1. The Balaban J connectivity index is 3.01. The number of hydrogen-bond acceptors (Lipinski definition) is 4.